The zero-order valence-electron chi connectivity index (χ0n) is 11.1. The molecule has 17 heavy (non-hydrogen) atoms. The maximum atomic E-state index is 5.97. The smallest absolute Gasteiger partial charge is 0.185 e. The highest BCUT2D eigenvalue weighted by Crippen LogP contribution is 2.44. The van der Waals surface area contributed by atoms with E-state index in [1.165, 1.54) is 0 Å². The van der Waals surface area contributed by atoms with Gasteiger partial charge in [-0.15, -0.1) is 0 Å². The average Bonchev–Trinajstić information content (AvgIpc) is 2.48. The molecule has 2 heterocycles. The van der Waals surface area contributed by atoms with Crippen LogP contribution in [-0.4, -0.2) is 23.2 Å². The third-order valence-electron chi connectivity index (χ3n) is 3.57. The van der Waals surface area contributed by atoms with Crippen molar-refractivity contribution in [2.45, 2.75) is 45.2 Å². The highest BCUT2D eigenvalue weighted by atomic mass is 16.7. The Kier molecular flexibility index (Phi) is 2.87. The number of ether oxygens (including phenoxy) is 2. The van der Waals surface area contributed by atoms with E-state index in [9.17, 15) is 0 Å². The van der Waals surface area contributed by atoms with Crippen LogP contribution in [0.4, 0.5) is 5.82 Å². The summed E-state index contributed by atoms with van der Waals surface area (Å²) in [6.45, 7) is 8.20. The molecule has 94 valence electrons. The van der Waals surface area contributed by atoms with Crippen LogP contribution in [0.3, 0.4) is 0 Å². The highest BCUT2D eigenvalue weighted by Gasteiger charge is 2.49. The van der Waals surface area contributed by atoms with Gasteiger partial charge < -0.3 is 14.8 Å². The highest BCUT2D eigenvalue weighted by molar-refractivity contribution is 5.37. The van der Waals surface area contributed by atoms with Crippen molar-refractivity contribution in [1.29, 1.82) is 0 Å². The molecule has 1 aliphatic heterocycles. The van der Waals surface area contributed by atoms with Gasteiger partial charge in [0.2, 0.25) is 0 Å². The summed E-state index contributed by atoms with van der Waals surface area (Å²) in [5.74, 6) is 0.817. The van der Waals surface area contributed by atoms with Crippen molar-refractivity contribution in [3.05, 3.63) is 23.9 Å². The molecule has 0 saturated carbocycles. The summed E-state index contributed by atoms with van der Waals surface area (Å²) < 4.78 is 11.9. The van der Waals surface area contributed by atoms with Crippen molar-refractivity contribution in [1.82, 2.24) is 4.98 Å². The number of nitrogens with zero attached hydrogens (tertiary/aromatic N) is 1. The molecule has 1 aromatic rings. The molecule has 4 nitrogen and oxygen atoms in total. The summed E-state index contributed by atoms with van der Waals surface area (Å²) >= 11 is 0. The van der Waals surface area contributed by atoms with Gasteiger partial charge >= 0.3 is 0 Å². The minimum absolute atomic E-state index is 0.305. The third kappa shape index (κ3) is 2.15. The molecule has 4 heteroatoms. The molecule has 2 rings (SSSR count). The summed E-state index contributed by atoms with van der Waals surface area (Å²) in [7, 11) is 1.84. The Balaban J connectivity index is 2.25. The van der Waals surface area contributed by atoms with Crippen molar-refractivity contribution in [3.8, 4) is 0 Å². The molecule has 0 aliphatic carbocycles. The number of anilines is 1. The molecule has 0 radical (unpaired) electrons. The van der Waals surface area contributed by atoms with Gasteiger partial charge in [0.05, 0.1) is 11.2 Å². The largest absolute Gasteiger partial charge is 0.373 e. The Morgan fingerprint density at radius 2 is 1.76 bits per heavy atom. The fourth-order valence-electron chi connectivity index (χ4n) is 1.71. The molecular formula is C13H20N2O2. The number of rotatable bonds is 2. The van der Waals surface area contributed by atoms with Gasteiger partial charge in [-0.3, -0.25) is 0 Å². The number of hydrogen-bond donors (Lipinski definition) is 1. The molecule has 1 saturated heterocycles. The normalized spacial score (nSPS) is 22.6. The maximum absolute atomic E-state index is 5.97. The van der Waals surface area contributed by atoms with E-state index in [-0.39, 0.29) is 17.5 Å². The first-order valence-electron chi connectivity index (χ1n) is 5.85. The van der Waals surface area contributed by atoms with Crippen LogP contribution in [0.15, 0.2) is 18.3 Å². The van der Waals surface area contributed by atoms with Gasteiger partial charge in [0.15, 0.2) is 6.29 Å². The van der Waals surface area contributed by atoms with Crippen LogP contribution >= 0.6 is 0 Å². The van der Waals surface area contributed by atoms with Crippen LogP contribution in [0.1, 0.15) is 39.5 Å². The van der Waals surface area contributed by atoms with E-state index in [2.05, 4.69) is 10.3 Å². The van der Waals surface area contributed by atoms with E-state index < -0.39 is 0 Å². The lowest BCUT2D eigenvalue weighted by atomic mass is 9.90. The average molecular weight is 236 g/mol. The lowest BCUT2D eigenvalue weighted by Gasteiger charge is -2.30. The molecule has 0 bridgehead atoms. The molecule has 0 unspecified atom stereocenters. The topological polar surface area (TPSA) is 43.4 Å². The summed E-state index contributed by atoms with van der Waals surface area (Å²) in [6, 6.07) is 3.87. The second-order valence-corrected chi connectivity index (χ2v) is 5.31. The molecule has 0 spiro atoms. The van der Waals surface area contributed by atoms with Gasteiger partial charge in [0.1, 0.15) is 5.82 Å². The molecule has 1 N–H and O–H groups in total. The van der Waals surface area contributed by atoms with Crippen LogP contribution < -0.4 is 5.32 Å². The summed E-state index contributed by atoms with van der Waals surface area (Å²) in [5, 5.41) is 3.01. The fourth-order valence-corrected chi connectivity index (χ4v) is 1.71. The van der Waals surface area contributed by atoms with Crippen LogP contribution in [0.5, 0.6) is 0 Å². The van der Waals surface area contributed by atoms with Gasteiger partial charge in [0.25, 0.3) is 0 Å². The van der Waals surface area contributed by atoms with E-state index >= 15 is 0 Å². The van der Waals surface area contributed by atoms with Crippen molar-refractivity contribution in [2.24, 2.45) is 0 Å². The Labute approximate surface area is 102 Å². The predicted octanol–water partition coefficient (Wildman–Crippen LogP) is 2.73. The summed E-state index contributed by atoms with van der Waals surface area (Å²) in [6.07, 6.45) is 1.43. The van der Waals surface area contributed by atoms with E-state index in [0.29, 0.717) is 0 Å². The lowest BCUT2D eigenvalue weighted by molar-refractivity contribution is -0.0895. The molecule has 0 atom stereocenters. The fraction of sp³-hybridized carbons (Fsp3) is 0.615. The molecule has 1 aromatic heterocycles. The second kappa shape index (κ2) is 3.96. The minimum atomic E-state index is -0.324. The van der Waals surface area contributed by atoms with E-state index in [1.54, 1.807) is 6.20 Å². The Morgan fingerprint density at radius 3 is 2.29 bits per heavy atom. The summed E-state index contributed by atoms with van der Waals surface area (Å²) in [5.41, 5.74) is 0.379. The van der Waals surface area contributed by atoms with Crippen molar-refractivity contribution >= 4 is 5.82 Å². The second-order valence-electron chi connectivity index (χ2n) is 5.31. The predicted molar refractivity (Wildman–Crippen MR) is 66.9 cm³/mol. The van der Waals surface area contributed by atoms with Crippen LogP contribution in [0.25, 0.3) is 0 Å². The zero-order valence-corrected chi connectivity index (χ0v) is 11.1. The lowest BCUT2D eigenvalue weighted by Crippen LogP contribution is -2.41. The van der Waals surface area contributed by atoms with E-state index in [1.807, 2.05) is 46.9 Å². The van der Waals surface area contributed by atoms with Crippen LogP contribution in [0, 0.1) is 0 Å². The Morgan fingerprint density at radius 1 is 1.18 bits per heavy atom. The molecular weight excluding hydrogens is 216 g/mol. The first kappa shape index (κ1) is 12.3. The maximum Gasteiger partial charge on any atom is 0.185 e. The van der Waals surface area contributed by atoms with Gasteiger partial charge in [0, 0.05) is 18.8 Å². The monoisotopic (exact) mass is 236 g/mol. The third-order valence-corrected chi connectivity index (χ3v) is 3.57. The van der Waals surface area contributed by atoms with Crippen LogP contribution in [0.2, 0.25) is 0 Å². The van der Waals surface area contributed by atoms with Gasteiger partial charge in [-0.1, -0.05) is 0 Å². The van der Waals surface area contributed by atoms with Crippen molar-refractivity contribution in [2.75, 3.05) is 12.4 Å². The SMILES string of the molecule is CNc1cc(C2OC(C)(C)C(C)(C)O2)ccn1. The van der Waals surface area contributed by atoms with Crippen LogP contribution in [-0.2, 0) is 9.47 Å². The molecule has 1 aliphatic rings. The van der Waals surface area contributed by atoms with Crippen molar-refractivity contribution in [3.63, 3.8) is 0 Å². The van der Waals surface area contributed by atoms with Gasteiger partial charge in [-0.2, -0.15) is 0 Å². The van der Waals surface area contributed by atoms with Gasteiger partial charge in [-0.25, -0.2) is 4.98 Å². The number of nitrogens with one attached hydrogen (secondary N) is 1. The molecule has 0 aromatic carbocycles. The van der Waals surface area contributed by atoms with Gasteiger partial charge in [-0.05, 0) is 39.8 Å². The minimum Gasteiger partial charge on any atom is -0.373 e. The first-order chi connectivity index (χ1) is 7.86. The first-order valence-corrected chi connectivity index (χ1v) is 5.85. The quantitative estimate of drug-likeness (QED) is 0.857. The zero-order chi connectivity index (χ0) is 12.7. The Hall–Kier alpha value is -1.13. The molecule has 1 fully saturated rings. The summed E-state index contributed by atoms with van der Waals surface area (Å²) in [4.78, 5) is 4.18. The Bertz CT molecular complexity index is 400. The molecule has 0 amide bonds. The number of pyridine rings is 1. The standard InChI is InChI=1S/C13H20N2O2/c1-12(2)13(3,4)17-11(16-12)9-6-7-15-10(8-9)14-5/h6-8,11H,1-5H3,(H,14,15). The van der Waals surface area contributed by atoms with E-state index in [0.717, 1.165) is 11.4 Å². The van der Waals surface area contributed by atoms with Crippen molar-refractivity contribution < 1.29 is 9.47 Å². The number of aromatic nitrogens is 1. The number of hydrogen-bond acceptors (Lipinski definition) is 4. The van der Waals surface area contributed by atoms with E-state index in [4.69, 9.17) is 9.47 Å².